The maximum Gasteiger partial charge on any atom is 0.156 e. The van der Waals surface area contributed by atoms with Gasteiger partial charge in [-0.25, -0.2) is 9.97 Å². The molecular formula is C13H13ClN4O. The quantitative estimate of drug-likeness (QED) is 0.670. The Bertz CT molecular complexity index is 574. The third-order valence-electron chi connectivity index (χ3n) is 2.53. The van der Waals surface area contributed by atoms with E-state index in [-0.39, 0.29) is 10.7 Å². The largest absolute Gasteiger partial charge is 0.369 e. The van der Waals surface area contributed by atoms with Crippen LogP contribution in [-0.4, -0.2) is 27.8 Å². The minimum atomic E-state index is 0.169. The summed E-state index contributed by atoms with van der Waals surface area (Å²) in [4.78, 5) is 23.3. The van der Waals surface area contributed by atoms with Crippen molar-refractivity contribution in [3.8, 4) is 0 Å². The molecule has 98 valence electrons. The minimum Gasteiger partial charge on any atom is -0.369 e. The van der Waals surface area contributed by atoms with Crippen molar-refractivity contribution in [3.05, 3.63) is 46.6 Å². The molecule has 6 heteroatoms. The van der Waals surface area contributed by atoms with Crippen molar-refractivity contribution in [1.82, 2.24) is 15.0 Å². The zero-order valence-corrected chi connectivity index (χ0v) is 11.2. The van der Waals surface area contributed by atoms with Crippen LogP contribution >= 0.6 is 11.6 Å². The number of aryl methyl sites for hydroxylation is 1. The Balaban J connectivity index is 2.05. The molecule has 2 aromatic heterocycles. The molecule has 0 fully saturated rings. The van der Waals surface area contributed by atoms with Crippen molar-refractivity contribution in [1.29, 1.82) is 0 Å². The van der Waals surface area contributed by atoms with Gasteiger partial charge in [0.25, 0.3) is 0 Å². The number of carbonyl (C=O) groups excluding carboxylic acids is 1. The van der Waals surface area contributed by atoms with E-state index in [1.807, 2.05) is 18.2 Å². The van der Waals surface area contributed by atoms with Crippen LogP contribution in [0.2, 0.25) is 5.15 Å². The Morgan fingerprint density at radius 2 is 2.21 bits per heavy atom. The average Bonchev–Trinajstić information content (AvgIpc) is 2.39. The summed E-state index contributed by atoms with van der Waals surface area (Å²) in [5.41, 5.74) is 1.26. The standard InChI is InChI=1S/C13H13ClN4O/c1-9-17-12(14)11(8-19)13(18-9)16-7-5-10-4-2-3-6-15-10/h2-4,6,8H,5,7H2,1H3,(H,16,17,18). The van der Waals surface area contributed by atoms with Gasteiger partial charge in [-0.05, 0) is 19.1 Å². The number of anilines is 1. The number of hydrogen-bond donors (Lipinski definition) is 1. The Morgan fingerprint density at radius 1 is 1.37 bits per heavy atom. The number of nitrogens with zero attached hydrogens (tertiary/aromatic N) is 3. The summed E-state index contributed by atoms with van der Waals surface area (Å²) in [7, 11) is 0. The summed E-state index contributed by atoms with van der Waals surface area (Å²) in [6, 6.07) is 5.75. The number of halogens is 1. The van der Waals surface area contributed by atoms with Gasteiger partial charge < -0.3 is 5.32 Å². The summed E-state index contributed by atoms with van der Waals surface area (Å²) >= 11 is 5.90. The fraction of sp³-hybridized carbons (Fsp3) is 0.231. The highest BCUT2D eigenvalue weighted by Crippen LogP contribution is 2.18. The topological polar surface area (TPSA) is 67.8 Å². The molecule has 0 atom stereocenters. The molecule has 0 saturated carbocycles. The maximum atomic E-state index is 11.0. The molecule has 0 saturated heterocycles. The highest BCUT2D eigenvalue weighted by atomic mass is 35.5. The van der Waals surface area contributed by atoms with Gasteiger partial charge in [0.1, 0.15) is 16.8 Å². The van der Waals surface area contributed by atoms with Gasteiger partial charge in [0, 0.05) is 24.9 Å². The van der Waals surface area contributed by atoms with E-state index >= 15 is 0 Å². The van der Waals surface area contributed by atoms with E-state index < -0.39 is 0 Å². The van der Waals surface area contributed by atoms with Gasteiger partial charge in [-0.1, -0.05) is 17.7 Å². The molecule has 0 amide bonds. The van der Waals surface area contributed by atoms with Crippen molar-refractivity contribution in [2.24, 2.45) is 0 Å². The van der Waals surface area contributed by atoms with Gasteiger partial charge in [0.15, 0.2) is 6.29 Å². The van der Waals surface area contributed by atoms with Crippen molar-refractivity contribution >= 4 is 23.7 Å². The van der Waals surface area contributed by atoms with Crippen LogP contribution in [0.15, 0.2) is 24.4 Å². The van der Waals surface area contributed by atoms with E-state index in [1.165, 1.54) is 0 Å². The summed E-state index contributed by atoms with van der Waals surface area (Å²) < 4.78 is 0. The second kappa shape index (κ2) is 6.24. The summed E-state index contributed by atoms with van der Waals surface area (Å²) in [5, 5.41) is 3.26. The first-order chi connectivity index (χ1) is 9.20. The highest BCUT2D eigenvalue weighted by Gasteiger charge is 2.10. The van der Waals surface area contributed by atoms with E-state index in [0.29, 0.717) is 24.5 Å². The molecule has 1 N–H and O–H groups in total. The second-order valence-corrected chi connectivity index (χ2v) is 4.30. The number of pyridine rings is 1. The molecule has 0 aliphatic carbocycles. The van der Waals surface area contributed by atoms with Crippen LogP contribution in [-0.2, 0) is 6.42 Å². The SMILES string of the molecule is Cc1nc(Cl)c(C=O)c(NCCc2ccccn2)n1. The Kier molecular flexibility index (Phi) is 4.41. The lowest BCUT2D eigenvalue weighted by molar-refractivity contribution is 0.112. The number of rotatable bonds is 5. The fourth-order valence-electron chi connectivity index (χ4n) is 1.64. The van der Waals surface area contributed by atoms with E-state index in [9.17, 15) is 4.79 Å². The maximum absolute atomic E-state index is 11.0. The lowest BCUT2D eigenvalue weighted by Crippen LogP contribution is -2.11. The van der Waals surface area contributed by atoms with Crippen LogP contribution in [0.5, 0.6) is 0 Å². The molecule has 0 bridgehead atoms. The van der Waals surface area contributed by atoms with Crippen LogP contribution in [0.25, 0.3) is 0 Å². The van der Waals surface area contributed by atoms with E-state index in [1.54, 1.807) is 13.1 Å². The van der Waals surface area contributed by atoms with Crippen molar-refractivity contribution in [2.45, 2.75) is 13.3 Å². The Morgan fingerprint density at radius 3 is 2.89 bits per heavy atom. The Labute approximate surface area is 116 Å². The molecule has 2 aromatic rings. The van der Waals surface area contributed by atoms with Crippen molar-refractivity contribution in [3.63, 3.8) is 0 Å². The highest BCUT2D eigenvalue weighted by molar-refractivity contribution is 6.32. The molecule has 0 unspecified atom stereocenters. The van der Waals surface area contributed by atoms with Gasteiger partial charge in [-0.3, -0.25) is 9.78 Å². The fourth-order valence-corrected chi connectivity index (χ4v) is 1.90. The van der Waals surface area contributed by atoms with Crippen molar-refractivity contribution in [2.75, 3.05) is 11.9 Å². The third-order valence-corrected chi connectivity index (χ3v) is 2.82. The molecule has 2 rings (SSSR count). The number of carbonyl (C=O) groups is 1. The third kappa shape index (κ3) is 3.48. The average molecular weight is 277 g/mol. The van der Waals surface area contributed by atoms with Gasteiger partial charge >= 0.3 is 0 Å². The van der Waals surface area contributed by atoms with Gasteiger partial charge in [-0.15, -0.1) is 0 Å². The normalized spacial score (nSPS) is 10.2. The Hall–Kier alpha value is -2.01. The molecule has 5 nitrogen and oxygen atoms in total. The first-order valence-electron chi connectivity index (χ1n) is 5.84. The molecule has 0 radical (unpaired) electrons. The number of hydrogen-bond acceptors (Lipinski definition) is 5. The number of aldehydes is 1. The van der Waals surface area contributed by atoms with Crippen LogP contribution in [0, 0.1) is 6.92 Å². The van der Waals surface area contributed by atoms with Gasteiger partial charge in [-0.2, -0.15) is 0 Å². The van der Waals surface area contributed by atoms with E-state index in [0.717, 1.165) is 12.1 Å². The molecule has 0 aromatic carbocycles. The summed E-state index contributed by atoms with van der Waals surface area (Å²) in [6.45, 7) is 2.34. The lowest BCUT2D eigenvalue weighted by atomic mass is 10.2. The zero-order chi connectivity index (χ0) is 13.7. The monoisotopic (exact) mass is 276 g/mol. The molecule has 2 heterocycles. The molecular weight excluding hydrogens is 264 g/mol. The van der Waals surface area contributed by atoms with Gasteiger partial charge in [0.05, 0.1) is 5.56 Å². The van der Waals surface area contributed by atoms with Crippen LogP contribution < -0.4 is 5.32 Å². The van der Waals surface area contributed by atoms with Crippen LogP contribution in [0.4, 0.5) is 5.82 Å². The van der Waals surface area contributed by atoms with Gasteiger partial charge in [0.2, 0.25) is 0 Å². The van der Waals surface area contributed by atoms with Crippen molar-refractivity contribution < 1.29 is 4.79 Å². The lowest BCUT2D eigenvalue weighted by Gasteiger charge is -2.09. The van der Waals surface area contributed by atoms with E-state index in [4.69, 9.17) is 11.6 Å². The molecule has 19 heavy (non-hydrogen) atoms. The number of aromatic nitrogens is 3. The summed E-state index contributed by atoms with van der Waals surface area (Å²) in [5.74, 6) is 0.986. The molecule has 0 spiro atoms. The van der Waals surface area contributed by atoms with Crippen LogP contribution in [0.1, 0.15) is 21.9 Å². The van der Waals surface area contributed by atoms with E-state index in [2.05, 4.69) is 20.3 Å². The minimum absolute atomic E-state index is 0.169. The number of nitrogens with one attached hydrogen (secondary N) is 1. The zero-order valence-electron chi connectivity index (χ0n) is 10.4. The molecule has 0 aliphatic rings. The molecule has 0 aliphatic heterocycles. The van der Waals surface area contributed by atoms with Crippen LogP contribution in [0.3, 0.4) is 0 Å². The first kappa shape index (κ1) is 13.4. The predicted molar refractivity (Wildman–Crippen MR) is 73.6 cm³/mol. The summed E-state index contributed by atoms with van der Waals surface area (Å²) in [6.07, 6.45) is 3.14. The second-order valence-electron chi connectivity index (χ2n) is 3.94. The first-order valence-corrected chi connectivity index (χ1v) is 6.21. The smallest absolute Gasteiger partial charge is 0.156 e. The predicted octanol–water partition coefficient (Wildman–Crippen LogP) is 2.30.